The van der Waals surface area contributed by atoms with Gasteiger partial charge in [-0.2, -0.15) is 0 Å². The highest BCUT2D eigenvalue weighted by atomic mass is 16.5. The zero-order chi connectivity index (χ0) is 38.2. The highest BCUT2D eigenvalue weighted by Crippen LogP contribution is 2.58. The van der Waals surface area contributed by atoms with Crippen molar-refractivity contribution in [2.75, 3.05) is 0 Å². The van der Waals surface area contributed by atoms with Crippen LogP contribution in [0.1, 0.15) is 123 Å². The minimum atomic E-state index is -0.737. The number of esters is 1. The maximum absolute atomic E-state index is 14.8. The number of hydrogen-bond donors (Lipinski definition) is 0. The molecule has 0 bridgehead atoms. The summed E-state index contributed by atoms with van der Waals surface area (Å²) in [4.78, 5) is 55.4. The molecular weight excluding hydrogens is 661 g/mol. The zero-order valence-corrected chi connectivity index (χ0v) is 33.1. The first-order valence-electron chi connectivity index (χ1n) is 20.1. The summed E-state index contributed by atoms with van der Waals surface area (Å²) in [6.07, 6.45) is 13.2. The monoisotopic (exact) mass is 720 g/mol. The molecule has 0 aliphatic heterocycles. The van der Waals surface area contributed by atoms with Gasteiger partial charge in [0.2, 0.25) is 0 Å². The van der Waals surface area contributed by atoms with E-state index in [9.17, 15) is 19.2 Å². The van der Waals surface area contributed by atoms with Crippen molar-refractivity contribution in [2.45, 2.75) is 131 Å². The molecule has 6 nitrogen and oxygen atoms in total. The van der Waals surface area contributed by atoms with E-state index < -0.39 is 34.7 Å². The SMILES string of the molecule is C=CC1CC1(CC(=O)C1CC(Oc2cc(C3=CCC(CC(C)C)=C3)cc3c(C)cccc23)CC1C(=O)C(CC(=O)OC1CCCC1)C(C)(C)C)C(C)=O. The summed E-state index contributed by atoms with van der Waals surface area (Å²) >= 11 is 0. The van der Waals surface area contributed by atoms with Crippen LogP contribution in [0.25, 0.3) is 16.3 Å². The van der Waals surface area contributed by atoms with Crippen LogP contribution in [-0.2, 0) is 23.9 Å². The summed E-state index contributed by atoms with van der Waals surface area (Å²) in [6.45, 7) is 18.0. The maximum atomic E-state index is 14.8. The Balaban J connectivity index is 1.31. The Hall–Kier alpha value is -3.80. The number of fused-ring (bicyclic) bond motifs is 1. The number of hydrogen-bond acceptors (Lipinski definition) is 6. The third-order valence-electron chi connectivity index (χ3n) is 12.7. The van der Waals surface area contributed by atoms with Crippen molar-refractivity contribution in [2.24, 2.45) is 40.4 Å². The van der Waals surface area contributed by atoms with Gasteiger partial charge in [0.1, 0.15) is 35.3 Å². The molecule has 3 saturated carbocycles. The van der Waals surface area contributed by atoms with Crippen LogP contribution in [0.2, 0.25) is 0 Å². The van der Waals surface area contributed by atoms with Gasteiger partial charge in [0.25, 0.3) is 0 Å². The maximum Gasteiger partial charge on any atom is 0.306 e. The smallest absolute Gasteiger partial charge is 0.306 e. The van der Waals surface area contributed by atoms with Gasteiger partial charge in [-0.25, -0.2) is 0 Å². The Kier molecular flexibility index (Phi) is 11.4. The fraction of sp³-hybridized carbons (Fsp3) is 0.574. The molecular formula is C47H60O6. The topological polar surface area (TPSA) is 86.7 Å². The number of ketones is 3. The first kappa shape index (κ1) is 38.9. The minimum Gasteiger partial charge on any atom is -0.490 e. The Morgan fingerprint density at radius 1 is 1.00 bits per heavy atom. The van der Waals surface area contributed by atoms with Crippen molar-refractivity contribution in [1.82, 2.24) is 0 Å². The third kappa shape index (κ3) is 8.47. The lowest BCUT2D eigenvalue weighted by Crippen LogP contribution is -2.39. The average molecular weight is 721 g/mol. The second-order valence-corrected chi connectivity index (χ2v) is 18.2. The fourth-order valence-corrected chi connectivity index (χ4v) is 9.47. The van der Waals surface area contributed by atoms with Gasteiger partial charge in [0, 0.05) is 35.0 Å². The molecule has 0 radical (unpaired) electrons. The molecule has 3 fully saturated rings. The van der Waals surface area contributed by atoms with Gasteiger partial charge in [-0.05, 0) is 123 Å². The largest absolute Gasteiger partial charge is 0.490 e. The summed E-state index contributed by atoms with van der Waals surface area (Å²) in [5.41, 5.74) is 3.61. The predicted octanol–water partition coefficient (Wildman–Crippen LogP) is 10.5. The molecule has 0 saturated heterocycles. The second kappa shape index (κ2) is 15.5. The van der Waals surface area contributed by atoms with E-state index in [1.807, 2.05) is 26.8 Å². The van der Waals surface area contributed by atoms with Crippen molar-refractivity contribution < 1.29 is 28.7 Å². The van der Waals surface area contributed by atoms with Gasteiger partial charge in [0.05, 0.1) is 6.42 Å². The summed E-state index contributed by atoms with van der Waals surface area (Å²) in [5.74, 6) is -1.04. The summed E-state index contributed by atoms with van der Waals surface area (Å²) in [5, 5.41) is 2.12. The molecule has 2 aromatic carbocycles. The molecule has 6 rings (SSSR count). The van der Waals surface area contributed by atoms with E-state index in [0.717, 1.165) is 66.2 Å². The third-order valence-corrected chi connectivity index (χ3v) is 12.7. The van der Waals surface area contributed by atoms with Crippen molar-refractivity contribution in [1.29, 1.82) is 0 Å². The van der Waals surface area contributed by atoms with Crippen LogP contribution < -0.4 is 4.74 Å². The Bertz CT molecular complexity index is 1830. The molecule has 6 atom stereocenters. The number of aryl methyl sites for hydroxylation is 1. The lowest BCUT2D eigenvalue weighted by atomic mass is 9.70. The lowest BCUT2D eigenvalue weighted by Gasteiger charge is -2.32. The molecule has 0 aromatic heterocycles. The van der Waals surface area contributed by atoms with Gasteiger partial charge in [-0.1, -0.05) is 76.6 Å². The molecule has 4 aliphatic rings. The van der Waals surface area contributed by atoms with Crippen molar-refractivity contribution >= 4 is 39.7 Å². The van der Waals surface area contributed by atoms with E-state index >= 15 is 0 Å². The number of allylic oxidation sites excluding steroid dienone is 5. The molecule has 284 valence electrons. The minimum absolute atomic E-state index is 0.00266. The van der Waals surface area contributed by atoms with Crippen LogP contribution in [0, 0.1) is 47.3 Å². The molecule has 6 unspecified atom stereocenters. The van der Waals surface area contributed by atoms with Crippen molar-refractivity contribution in [3.63, 3.8) is 0 Å². The van der Waals surface area contributed by atoms with Crippen LogP contribution in [0.5, 0.6) is 5.75 Å². The van der Waals surface area contributed by atoms with Crippen LogP contribution in [0.4, 0.5) is 0 Å². The van der Waals surface area contributed by atoms with Gasteiger partial charge in [-0.15, -0.1) is 6.58 Å². The lowest BCUT2D eigenvalue weighted by molar-refractivity contribution is -0.154. The molecule has 0 heterocycles. The van der Waals surface area contributed by atoms with Crippen LogP contribution in [-0.4, -0.2) is 35.5 Å². The highest BCUT2D eigenvalue weighted by Gasteiger charge is 2.59. The van der Waals surface area contributed by atoms with Gasteiger partial charge in [0.15, 0.2) is 0 Å². The summed E-state index contributed by atoms with van der Waals surface area (Å²) in [7, 11) is 0. The van der Waals surface area contributed by atoms with Crippen LogP contribution in [0.15, 0.2) is 60.7 Å². The van der Waals surface area contributed by atoms with Crippen molar-refractivity contribution in [3.05, 3.63) is 71.8 Å². The van der Waals surface area contributed by atoms with Gasteiger partial charge in [-0.3, -0.25) is 19.2 Å². The normalized spacial score (nSPS) is 26.3. The Labute approximate surface area is 316 Å². The first-order valence-corrected chi connectivity index (χ1v) is 20.1. The van der Waals surface area contributed by atoms with Crippen LogP contribution >= 0.6 is 0 Å². The molecule has 2 aromatic rings. The second-order valence-electron chi connectivity index (χ2n) is 18.2. The van der Waals surface area contributed by atoms with Gasteiger partial charge >= 0.3 is 5.97 Å². The number of ether oxygens (including phenoxy) is 2. The Morgan fingerprint density at radius 2 is 1.72 bits per heavy atom. The highest BCUT2D eigenvalue weighted by molar-refractivity contribution is 5.98. The first-order chi connectivity index (χ1) is 25.1. The summed E-state index contributed by atoms with van der Waals surface area (Å²) in [6, 6.07) is 10.6. The standard InChI is InChI=1S/C47H60O6/c1-9-34-26-47(34,30(5)48)27-42(49)39-23-36(24-40(39)45(51)41(46(6,7)8)25-44(50)53-35-14-10-11-15-35)52-43-22-33(21-38-29(4)13-12-16-37(38)43)32-18-17-31(20-32)19-28(2)3/h9,12-13,16,18,20-22,28,34-36,39-41H,1,10-11,14-15,17,19,23-27H2,2-8H3. The van der Waals surface area contributed by atoms with E-state index in [1.54, 1.807) is 13.0 Å². The number of Topliss-reactive ketones (excluding diaryl/α,β-unsaturated/α-hetero) is 3. The molecule has 6 heteroatoms. The average Bonchev–Trinajstić information content (AvgIpc) is 3.50. The molecule has 0 amide bonds. The number of carbonyl (C=O) groups excluding carboxylic acids is 4. The van der Waals surface area contributed by atoms with E-state index in [0.29, 0.717) is 25.2 Å². The summed E-state index contributed by atoms with van der Waals surface area (Å²) < 4.78 is 12.8. The van der Waals surface area contributed by atoms with Gasteiger partial charge < -0.3 is 9.47 Å². The molecule has 53 heavy (non-hydrogen) atoms. The molecule has 0 N–H and O–H groups in total. The van der Waals surface area contributed by atoms with E-state index in [2.05, 4.69) is 63.8 Å². The van der Waals surface area contributed by atoms with E-state index in [-0.39, 0.29) is 48.2 Å². The number of carbonyl (C=O) groups is 4. The predicted molar refractivity (Wildman–Crippen MR) is 211 cm³/mol. The Morgan fingerprint density at radius 3 is 2.36 bits per heavy atom. The number of rotatable bonds is 15. The van der Waals surface area contributed by atoms with E-state index in [1.165, 1.54) is 11.1 Å². The quantitative estimate of drug-likeness (QED) is 0.134. The fourth-order valence-electron chi connectivity index (χ4n) is 9.47. The molecule has 4 aliphatic carbocycles. The molecule has 0 spiro atoms. The van der Waals surface area contributed by atoms with Crippen LogP contribution in [0.3, 0.4) is 0 Å². The zero-order valence-electron chi connectivity index (χ0n) is 33.1. The number of benzene rings is 2. The van der Waals surface area contributed by atoms with E-state index in [4.69, 9.17) is 9.47 Å². The van der Waals surface area contributed by atoms with Crippen molar-refractivity contribution in [3.8, 4) is 5.75 Å².